The Morgan fingerprint density at radius 2 is 1.85 bits per heavy atom. The first-order valence-electron chi connectivity index (χ1n) is 10.7. The van der Waals surface area contributed by atoms with Crippen molar-refractivity contribution in [2.45, 2.75) is 36.6 Å². The van der Waals surface area contributed by atoms with Gasteiger partial charge in [-0.3, -0.25) is 10.1 Å². The smallest absolute Gasteiger partial charge is 0.339 e. The summed E-state index contributed by atoms with van der Waals surface area (Å²) < 4.78 is 35.2. The zero-order valence-corrected chi connectivity index (χ0v) is 19.3. The summed E-state index contributed by atoms with van der Waals surface area (Å²) in [4.78, 5) is 30.0. The number of anilines is 2. The van der Waals surface area contributed by atoms with Gasteiger partial charge >= 0.3 is 22.1 Å². The molecule has 0 bridgehead atoms. The molecule has 1 aromatic heterocycles. The number of hydrogen-bond donors (Lipinski definition) is 4. The molecule has 34 heavy (non-hydrogen) atoms. The Labute approximate surface area is 196 Å². The van der Waals surface area contributed by atoms with E-state index in [1.807, 2.05) is 0 Å². The first-order chi connectivity index (χ1) is 16.3. The Morgan fingerprint density at radius 3 is 2.56 bits per heavy atom. The number of amides is 2. The molecule has 1 aliphatic carbocycles. The standard InChI is InChI=1S/C22H25N5O6S/c1-32-20(28)13-23-22(29)27-21-25-18-11-8-16(12-19(18)26-21)33-34(30,31)17-9-6-15(7-10-17)24-14-4-2-3-5-14/h6-12,14,24H,2-5,13H2,1H3,(H3,23,25,26,27,29). The Bertz CT molecular complexity index is 1280. The average Bonchev–Trinajstić information content (AvgIpc) is 3.46. The van der Waals surface area contributed by atoms with E-state index in [1.165, 1.54) is 44.2 Å². The molecule has 1 saturated carbocycles. The number of carbonyl (C=O) groups excluding carboxylic acids is 2. The van der Waals surface area contributed by atoms with Gasteiger partial charge < -0.3 is 24.5 Å². The number of hydrogen-bond acceptors (Lipinski definition) is 8. The molecule has 0 spiro atoms. The van der Waals surface area contributed by atoms with Crippen molar-refractivity contribution in [3.8, 4) is 5.75 Å². The molecule has 0 atom stereocenters. The second-order valence-electron chi connectivity index (χ2n) is 7.84. The van der Waals surface area contributed by atoms with E-state index in [-0.39, 0.29) is 23.1 Å². The van der Waals surface area contributed by atoms with Gasteiger partial charge in [-0.25, -0.2) is 9.78 Å². The quantitative estimate of drug-likeness (QED) is 0.280. The van der Waals surface area contributed by atoms with Crippen LogP contribution in [0.3, 0.4) is 0 Å². The predicted octanol–water partition coefficient (Wildman–Crippen LogP) is 2.98. The summed E-state index contributed by atoms with van der Waals surface area (Å²) in [6.45, 7) is -0.296. The van der Waals surface area contributed by atoms with Crippen LogP contribution in [0, 0.1) is 0 Å². The van der Waals surface area contributed by atoms with Gasteiger partial charge in [0.1, 0.15) is 17.2 Å². The number of ether oxygens (including phenoxy) is 1. The molecule has 1 aliphatic rings. The Balaban J connectivity index is 1.40. The van der Waals surface area contributed by atoms with Gasteiger partial charge in [0, 0.05) is 17.8 Å². The minimum absolute atomic E-state index is 0.0382. The van der Waals surface area contributed by atoms with Crippen molar-refractivity contribution in [1.29, 1.82) is 0 Å². The molecule has 2 amide bonds. The normalized spacial score (nSPS) is 14.0. The van der Waals surface area contributed by atoms with Gasteiger partial charge in [0.2, 0.25) is 5.95 Å². The van der Waals surface area contributed by atoms with Crippen LogP contribution < -0.4 is 20.1 Å². The number of esters is 1. The second kappa shape index (κ2) is 10.00. The molecule has 2 aromatic carbocycles. The third-order valence-electron chi connectivity index (χ3n) is 5.38. The zero-order valence-electron chi connectivity index (χ0n) is 18.5. The van der Waals surface area contributed by atoms with E-state index in [1.54, 1.807) is 18.2 Å². The van der Waals surface area contributed by atoms with E-state index in [0.717, 1.165) is 18.5 Å². The number of carbonyl (C=O) groups is 2. The summed E-state index contributed by atoms with van der Waals surface area (Å²) in [7, 11) is -2.83. The highest BCUT2D eigenvalue weighted by molar-refractivity contribution is 7.87. The number of methoxy groups -OCH3 is 1. The number of H-pyrrole nitrogens is 1. The van der Waals surface area contributed by atoms with Crippen LogP contribution in [0.5, 0.6) is 5.75 Å². The zero-order chi connectivity index (χ0) is 24.1. The molecule has 0 radical (unpaired) electrons. The fraction of sp³-hybridized carbons (Fsp3) is 0.318. The van der Waals surface area contributed by atoms with Crippen molar-refractivity contribution >= 4 is 44.8 Å². The van der Waals surface area contributed by atoms with Gasteiger partial charge in [0.05, 0.1) is 18.1 Å². The van der Waals surface area contributed by atoms with E-state index in [4.69, 9.17) is 4.18 Å². The molecule has 1 heterocycles. The molecule has 0 unspecified atom stereocenters. The highest BCUT2D eigenvalue weighted by Gasteiger charge is 2.19. The molecule has 3 aromatic rings. The molecule has 0 aliphatic heterocycles. The number of rotatable bonds is 8. The lowest BCUT2D eigenvalue weighted by molar-refractivity contribution is -0.139. The molecular formula is C22H25N5O6S. The number of imidazole rings is 1. The molecule has 4 N–H and O–H groups in total. The number of aromatic nitrogens is 2. The van der Waals surface area contributed by atoms with E-state index in [9.17, 15) is 18.0 Å². The van der Waals surface area contributed by atoms with Gasteiger partial charge in [0.25, 0.3) is 0 Å². The van der Waals surface area contributed by atoms with E-state index in [0.29, 0.717) is 17.1 Å². The fourth-order valence-corrected chi connectivity index (χ4v) is 4.59. The van der Waals surface area contributed by atoms with Crippen molar-refractivity contribution < 1.29 is 26.9 Å². The van der Waals surface area contributed by atoms with Crippen LogP contribution in [0.2, 0.25) is 0 Å². The SMILES string of the molecule is COC(=O)CNC(=O)Nc1nc2cc(OS(=O)(=O)c3ccc(NC4CCCC4)cc3)ccc2[nH]1. The maximum Gasteiger partial charge on any atom is 0.339 e. The lowest BCUT2D eigenvalue weighted by Gasteiger charge is -2.14. The van der Waals surface area contributed by atoms with Gasteiger partial charge in [0.15, 0.2) is 0 Å². The molecule has 180 valence electrons. The average molecular weight is 488 g/mol. The van der Waals surface area contributed by atoms with Crippen molar-refractivity contribution in [2.75, 3.05) is 24.3 Å². The van der Waals surface area contributed by atoms with Gasteiger partial charge in [-0.2, -0.15) is 8.42 Å². The lowest BCUT2D eigenvalue weighted by atomic mass is 10.2. The van der Waals surface area contributed by atoms with Crippen LogP contribution in [0.25, 0.3) is 11.0 Å². The molecule has 0 saturated heterocycles. The van der Waals surface area contributed by atoms with Crippen molar-refractivity contribution in [1.82, 2.24) is 15.3 Å². The minimum atomic E-state index is -4.05. The Morgan fingerprint density at radius 1 is 1.12 bits per heavy atom. The number of benzene rings is 2. The number of nitrogens with zero attached hydrogens (tertiary/aromatic N) is 1. The summed E-state index contributed by atoms with van der Waals surface area (Å²) in [6.07, 6.45) is 4.65. The third kappa shape index (κ3) is 5.76. The number of nitrogens with one attached hydrogen (secondary N) is 4. The Kier molecular flexibility index (Phi) is 6.87. The van der Waals surface area contributed by atoms with Crippen molar-refractivity contribution in [3.63, 3.8) is 0 Å². The summed E-state index contributed by atoms with van der Waals surface area (Å²) in [6, 6.07) is 10.8. The summed E-state index contributed by atoms with van der Waals surface area (Å²) in [5.74, 6) is -0.404. The maximum absolute atomic E-state index is 12.7. The molecule has 12 heteroatoms. The molecule has 4 rings (SSSR count). The summed E-state index contributed by atoms with van der Waals surface area (Å²) in [5, 5.41) is 8.18. The second-order valence-corrected chi connectivity index (χ2v) is 9.38. The fourth-order valence-electron chi connectivity index (χ4n) is 3.67. The predicted molar refractivity (Wildman–Crippen MR) is 125 cm³/mol. The van der Waals surface area contributed by atoms with Crippen LogP contribution in [0.1, 0.15) is 25.7 Å². The lowest BCUT2D eigenvalue weighted by Crippen LogP contribution is -2.34. The first kappa shape index (κ1) is 23.4. The van der Waals surface area contributed by atoms with Crippen molar-refractivity contribution in [3.05, 3.63) is 42.5 Å². The van der Waals surface area contributed by atoms with Crippen LogP contribution in [0.4, 0.5) is 16.4 Å². The van der Waals surface area contributed by atoms with Gasteiger partial charge in [-0.1, -0.05) is 12.8 Å². The van der Waals surface area contributed by atoms with E-state index in [2.05, 4.69) is 30.7 Å². The summed E-state index contributed by atoms with van der Waals surface area (Å²) in [5.41, 5.74) is 1.81. The first-order valence-corrected chi connectivity index (χ1v) is 12.2. The highest BCUT2D eigenvalue weighted by atomic mass is 32.2. The molecule has 1 fully saturated rings. The largest absolute Gasteiger partial charge is 0.468 e. The third-order valence-corrected chi connectivity index (χ3v) is 6.64. The van der Waals surface area contributed by atoms with Crippen molar-refractivity contribution in [2.24, 2.45) is 0 Å². The highest BCUT2D eigenvalue weighted by Crippen LogP contribution is 2.26. The summed E-state index contributed by atoms with van der Waals surface area (Å²) >= 11 is 0. The van der Waals surface area contributed by atoms with E-state index >= 15 is 0 Å². The monoisotopic (exact) mass is 487 g/mol. The topological polar surface area (TPSA) is 152 Å². The van der Waals surface area contributed by atoms with Gasteiger partial charge in [-0.05, 0) is 49.2 Å². The molecule has 11 nitrogen and oxygen atoms in total. The van der Waals surface area contributed by atoms with Crippen LogP contribution in [-0.4, -0.2) is 50.1 Å². The number of urea groups is 1. The van der Waals surface area contributed by atoms with Crippen LogP contribution >= 0.6 is 0 Å². The van der Waals surface area contributed by atoms with Crippen LogP contribution in [-0.2, 0) is 19.6 Å². The Hall–Kier alpha value is -3.80. The van der Waals surface area contributed by atoms with E-state index < -0.39 is 22.1 Å². The molecular weight excluding hydrogens is 462 g/mol. The maximum atomic E-state index is 12.7. The number of aromatic amines is 1. The van der Waals surface area contributed by atoms with Gasteiger partial charge in [-0.15, -0.1) is 0 Å². The van der Waals surface area contributed by atoms with Crippen LogP contribution in [0.15, 0.2) is 47.4 Å². The minimum Gasteiger partial charge on any atom is -0.468 e. The number of fused-ring (bicyclic) bond motifs is 1.